The van der Waals surface area contributed by atoms with Crippen LogP contribution in [0.5, 0.6) is 0 Å². The monoisotopic (exact) mass is 362 g/mol. The van der Waals surface area contributed by atoms with Gasteiger partial charge < -0.3 is 9.64 Å². The molecule has 0 radical (unpaired) electrons. The highest BCUT2D eigenvalue weighted by Gasteiger charge is 2.21. The number of esters is 1. The molecule has 2 aromatic rings. The largest absolute Gasteiger partial charge is 0.451 e. The number of hydrogen-bond acceptors (Lipinski definition) is 4. The summed E-state index contributed by atoms with van der Waals surface area (Å²) in [7, 11) is 0. The third-order valence-electron chi connectivity index (χ3n) is 3.87. The van der Waals surface area contributed by atoms with Crippen LogP contribution >= 0.6 is 0 Å². The summed E-state index contributed by atoms with van der Waals surface area (Å²) in [5.74, 6) is -1.17. The topological polar surface area (TPSA) is 70.4 Å². The van der Waals surface area contributed by atoms with Crippen LogP contribution in [0.25, 0.3) is 6.08 Å². The number of ether oxygens (including phenoxy) is 1. The lowest BCUT2D eigenvalue weighted by molar-refractivity contribution is -0.143. The average molecular weight is 362 g/mol. The maximum Gasteiger partial charge on any atom is 0.349 e. The molecule has 2 aromatic carbocycles. The van der Waals surface area contributed by atoms with E-state index in [-0.39, 0.29) is 17.5 Å². The fourth-order valence-corrected chi connectivity index (χ4v) is 2.56. The van der Waals surface area contributed by atoms with E-state index in [0.29, 0.717) is 5.56 Å². The number of nitriles is 1. The summed E-state index contributed by atoms with van der Waals surface area (Å²) in [5.41, 5.74) is 2.37. The zero-order valence-electron chi connectivity index (χ0n) is 15.7. The maximum atomic E-state index is 12.5. The molecular formula is C22H22N2O3. The normalized spacial score (nSPS) is 11.0. The molecule has 2 rings (SSSR count). The van der Waals surface area contributed by atoms with Crippen molar-refractivity contribution < 1.29 is 14.3 Å². The van der Waals surface area contributed by atoms with Gasteiger partial charge in [0.05, 0.1) is 0 Å². The van der Waals surface area contributed by atoms with Crippen LogP contribution in [0.3, 0.4) is 0 Å². The Hall–Kier alpha value is -3.39. The second kappa shape index (κ2) is 9.35. The molecule has 0 aliphatic rings. The van der Waals surface area contributed by atoms with E-state index in [1.807, 2.05) is 69.3 Å². The number of rotatable bonds is 6. The summed E-state index contributed by atoms with van der Waals surface area (Å²) in [5, 5.41) is 9.24. The highest BCUT2D eigenvalue weighted by atomic mass is 16.5. The SMILES string of the molecule is Cc1ccc(/C=C(\C#N)C(=O)OCC(=O)N(c2ccccc2)C(C)C)cc1. The molecule has 0 saturated carbocycles. The van der Waals surface area contributed by atoms with Gasteiger partial charge in [-0.3, -0.25) is 4.79 Å². The Morgan fingerprint density at radius 1 is 1.11 bits per heavy atom. The number of nitrogens with zero attached hydrogens (tertiary/aromatic N) is 2. The Morgan fingerprint density at radius 2 is 1.74 bits per heavy atom. The molecule has 0 fully saturated rings. The molecule has 1 amide bonds. The van der Waals surface area contributed by atoms with Crippen LogP contribution in [-0.4, -0.2) is 24.5 Å². The Bertz CT molecular complexity index is 863. The van der Waals surface area contributed by atoms with Gasteiger partial charge in [0.25, 0.3) is 5.91 Å². The van der Waals surface area contributed by atoms with Crippen LogP contribution in [0.4, 0.5) is 5.69 Å². The van der Waals surface area contributed by atoms with E-state index >= 15 is 0 Å². The lowest BCUT2D eigenvalue weighted by Crippen LogP contribution is -2.40. The summed E-state index contributed by atoms with van der Waals surface area (Å²) in [6.45, 7) is 5.28. The smallest absolute Gasteiger partial charge is 0.349 e. The first-order valence-corrected chi connectivity index (χ1v) is 8.65. The first kappa shape index (κ1) is 19.9. The fraction of sp³-hybridized carbons (Fsp3) is 0.227. The van der Waals surface area contributed by atoms with Crippen LogP contribution in [0.2, 0.25) is 0 Å². The van der Waals surface area contributed by atoms with Crippen LogP contribution in [0.15, 0.2) is 60.2 Å². The van der Waals surface area contributed by atoms with E-state index in [1.165, 1.54) is 6.08 Å². The fourth-order valence-electron chi connectivity index (χ4n) is 2.56. The quantitative estimate of drug-likeness (QED) is 0.444. The molecule has 0 aromatic heterocycles. The van der Waals surface area contributed by atoms with Crippen molar-refractivity contribution >= 4 is 23.6 Å². The molecule has 5 nitrogen and oxygen atoms in total. The van der Waals surface area contributed by atoms with Gasteiger partial charge >= 0.3 is 5.97 Å². The number of para-hydroxylation sites is 1. The summed E-state index contributed by atoms with van der Waals surface area (Å²) in [6.07, 6.45) is 1.45. The van der Waals surface area contributed by atoms with Crippen molar-refractivity contribution in [3.63, 3.8) is 0 Å². The molecule has 5 heteroatoms. The minimum Gasteiger partial charge on any atom is -0.451 e. The minimum atomic E-state index is -0.816. The number of amides is 1. The van der Waals surface area contributed by atoms with E-state index in [1.54, 1.807) is 17.0 Å². The third kappa shape index (κ3) is 5.55. The van der Waals surface area contributed by atoms with E-state index in [0.717, 1.165) is 11.3 Å². The van der Waals surface area contributed by atoms with Gasteiger partial charge in [-0.15, -0.1) is 0 Å². The van der Waals surface area contributed by atoms with Gasteiger partial charge in [0.1, 0.15) is 11.6 Å². The first-order chi connectivity index (χ1) is 12.9. The van der Waals surface area contributed by atoms with Crippen LogP contribution in [-0.2, 0) is 14.3 Å². The molecule has 0 aliphatic heterocycles. The Labute approximate surface area is 159 Å². The van der Waals surface area contributed by atoms with Crippen molar-refractivity contribution in [2.75, 3.05) is 11.5 Å². The van der Waals surface area contributed by atoms with Gasteiger partial charge in [-0.2, -0.15) is 5.26 Å². The lowest BCUT2D eigenvalue weighted by atomic mass is 10.1. The van der Waals surface area contributed by atoms with Gasteiger partial charge in [0.2, 0.25) is 0 Å². The molecule has 0 heterocycles. The van der Waals surface area contributed by atoms with Gasteiger partial charge in [-0.1, -0.05) is 48.0 Å². The molecule has 0 saturated heterocycles. The van der Waals surface area contributed by atoms with E-state index in [4.69, 9.17) is 4.74 Å². The van der Waals surface area contributed by atoms with Crippen molar-refractivity contribution in [1.29, 1.82) is 5.26 Å². The predicted molar refractivity (Wildman–Crippen MR) is 105 cm³/mol. The molecule has 0 aliphatic carbocycles. The molecule has 0 N–H and O–H groups in total. The number of benzene rings is 2. The van der Waals surface area contributed by atoms with Crippen molar-refractivity contribution in [1.82, 2.24) is 0 Å². The zero-order valence-corrected chi connectivity index (χ0v) is 15.7. The molecule has 0 bridgehead atoms. The predicted octanol–water partition coefficient (Wildman–Crippen LogP) is 3.89. The van der Waals surface area contributed by atoms with Crippen LogP contribution < -0.4 is 4.90 Å². The molecule has 0 spiro atoms. The second-order valence-electron chi connectivity index (χ2n) is 6.35. The standard InChI is InChI=1S/C22H22N2O3/c1-16(2)24(20-7-5-4-6-8-20)21(25)15-27-22(26)19(14-23)13-18-11-9-17(3)10-12-18/h4-13,16H,15H2,1-3H3/b19-13+. The summed E-state index contributed by atoms with van der Waals surface area (Å²) >= 11 is 0. The van der Waals surface area contributed by atoms with E-state index in [9.17, 15) is 14.9 Å². The molecule has 138 valence electrons. The Kier molecular flexibility index (Phi) is 6.90. The molecule has 0 atom stereocenters. The zero-order chi connectivity index (χ0) is 19.8. The lowest BCUT2D eigenvalue weighted by Gasteiger charge is -2.26. The van der Waals surface area contributed by atoms with Gasteiger partial charge in [0.15, 0.2) is 6.61 Å². The number of anilines is 1. The maximum absolute atomic E-state index is 12.5. The highest BCUT2D eigenvalue weighted by molar-refractivity contribution is 6.00. The minimum absolute atomic E-state index is 0.0999. The van der Waals surface area contributed by atoms with E-state index in [2.05, 4.69) is 0 Å². The Morgan fingerprint density at radius 3 is 2.30 bits per heavy atom. The summed E-state index contributed by atoms with van der Waals surface area (Å²) < 4.78 is 5.08. The van der Waals surface area contributed by atoms with Crippen molar-refractivity contribution in [2.24, 2.45) is 0 Å². The van der Waals surface area contributed by atoms with Gasteiger partial charge in [-0.25, -0.2) is 4.79 Å². The van der Waals surface area contributed by atoms with Crippen molar-refractivity contribution in [2.45, 2.75) is 26.8 Å². The second-order valence-corrected chi connectivity index (χ2v) is 6.35. The van der Waals surface area contributed by atoms with Gasteiger partial charge in [0, 0.05) is 11.7 Å². The Balaban J connectivity index is 2.07. The molecule has 27 heavy (non-hydrogen) atoms. The summed E-state index contributed by atoms with van der Waals surface area (Å²) in [4.78, 5) is 26.3. The highest BCUT2D eigenvalue weighted by Crippen LogP contribution is 2.17. The van der Waals surface area contributed by atoms with E-state index < -0.39 is 12.6 Å². The number of carbonyl (C=O) groups is 2. The van der Waals surface area contributed by atoms with Crippen molar-refractivity contribution in [3.8, 4) is 6.07 Å². The third-order valence-corrected chi connectivity index (χ3v) is 3.87. The van der Waals surface area contributed by atoms with Crippen LogP contribution in [0, 0.1) is 18.3 Å². The van der Waals surface area contributed by atoms with Gasteiger partial charge in [-0.05, 0) is 44.5 Å². The summed E-state index contributed by atoms with van der Waals surface area (Å²) in [6, 6.07) is 18.3. The average Bonchev–Trinajstić information content (AvgIpc) is 2.66. The number of hydrogen-bond donors (Lipinski definition) is 0. The number of carbonyl (C=O) groups excluding carboxylic acids is 2. The first-order valence-electron chi connectivity index (χ1n) is 8.65. The van der Waals surface area contributed by atoms with Crippen LogP contribution in [0.1, 0.15) is 25.0 Å². The van der Waals surface area contributed by atoms with Crippen molar-refractivity contribution in [3.05, 3.63) is 71.3 Å². The molecule has 0 unspecified atom stereocenters. The number of aryl methyl sites for hydroxylation is 1. The molecular weight excluding hydrogens is 340 g/mol.